The number of hydrogen-bond donors (Lipinski definition) is 0. The summed E-state index contributed by atoms with van der Waals surface area (Å²) in [5, 5.41) is 1.41. The minimum atomic E-state index is -0.513. The summed E-state index contributed by atoms with van der Waals surface area (Å²) in [6, 6.07) is 15.2. The molecule has 0 aliphatic carbocycles. The van der Waals surface area contributed by atoms with Crippen molar-refractivity contribution in [1.29, 1.82) is 0 Å². The fourth-order valence-electron chi connectivity index (χ4n) is 3.58. The molecule has 0 radical (unpaired) electrons. The number of methoxy groups -OCH3 is 1. The quantitative estimate of drug-likeness (QED) is 0.223. The summed E-state index contributed by atoms with van der Waals surface area (Å²) in [5.41, 5.74) is 1.97. The number of rotatable bonds is 4. The Bertz CT molecular complexity index is 1530. The van der Waals surface area contributed by atoms with Crippen molar-refractivity contribution in [2.45, 2.75) is 6.92 Å². The van der Waals surface area contributed by atoms with Crippen molar-refractivity contribution in [3.05, 3.63) is 88.5 Å². The summed E-state index contributed by atoms with van der Waals surface area (Å²) >= 11 is 0. The maximum absolute atomic E-state index is 12.5. The molecule has 32 heavy (non-hydrogen) atoms. The highest BCUT2D eigenvalue weighted by atomic mass is 16.5. The zero-order chi connectivity index (χ0) is 22.2. The van der Waals surface area contributed by atoms with Crippen LogP contribution in [0, 0.1) is 6.92 Å². The van der Waals surface area contributed by atoms with Gasteiger partial charge in [-0.05, 0) is 48.9 Å². The first-order valence-electron chi connectivity index (χ1n) is 9.81. The number of para-hydroxylation sites is 1. The summed E-state index contributed by atoms with van der Waals surface area (Å²) in [5.74, 6) is 0.895. The highest BCUT2D eigenvalue weighted by Crippen LogP contribution is 2.37. The Morgan fingerprint density at radius 3 is 2.56 bits per heavy atom. The number of carbonyl (C=O) groups is 1. The van der Waals surface area contributed by atoms with Gasteiger partial charge in [0.1, 0.15) is 17.1 Å². The Morgan fingerprint density at radius 2 is 1.78 bits per heavy atom. The van der Waals surface area contributed by atoms with Gasteiger partial charge in [0.2, 0.25) is 0 Å². The molecule has 3 aromatic heterocycles. The molecule has 0 aliphatic rings. The molecule has 0 atom stereocenters. The normalized spacial score (nSPS) is 11.1. The number of pyridine rings is 1. The third kappa shape index (κ3) is 3.39. The number of benzene rings is 2. The SMILES string of the molecule is COc1cccc2cc(-c3cc(=O)oc4cc(C)c(OC(=O)c5ccncc5)cc34)oc12. The zero-order valence-electron chi connectivity index (χ0n) is 17.2. The number of ether oxygens (including phenoxy) is 2. The van der Waals surface area contributed by atoms with Crippen LogP contribution < -0.4 is 15.1 Å². The fourth-order valence-corrected chi connectivity index (χ4v) is 3.58. The second-order valence-electron chi connectivity index (χ2n) is 7.21. The van der Waals surface area contributed by atoms with Crippen molar-refractivity contribution in [1.82, 2.24) is 4.98 Å². The number of nitrogens with zero attached hydrogens (tertiary/aromatic N) is 1. The summed E-state index contributed by atoms with van der Waals surface area (Å²) in [7, 11) is 1.57. The largest absolute Gasteiger partial charge is 0.493 e. The lowest BCUT2D eigenvalue weighted by atomic mass is 10.0. The Morgan fingerprint density at radius 1 is 0.969 bits per heavy atom. The van der Waals surface area contributed by atoms with E-state index in [2.05, 4.69) is 4.98 Å². The molecule has 2 aromatic carbocycles. The summed E-state index contributed by atoms with van der Waals surface area (Å²) in [6.07, 6.45) is 3.04. The molecule has 5 aromatic rings. The summed E-state index contributed by atoms with van der Waals surface area (Å²) < 4.78 is 22.4. The van der Waals surface area contributed by atoms with Gasteiger partial charge < -0.3 is 18.3 Å². The summed E-state index contributed by atoms with van der Waals surface area (Å²) in [4.78, 5) is 28.7. The number of aromatic nitrogens is 1. The minimum absolute atomic E-state index is 0.350. The number of fused-ring (bicyclic) bond motifs is 2. The molecule has 0 fully saturated rings. The first-order chi connectivity index (χ1) is 15.5. The second-order valence-corrected chi connectivity index (χ2v) is 7.21. The average molecular weight is 427 g/mol. The predicted molar refractivity (Wildman–Crippen MR) is 118 cm³/mol. The molecule has 5 rings (SSSR count). The van der Waals surface area contributed by atoms with Gasteiger partial charge in [0.25, 0.3) is 0 Å². The summed E-state index contributed by atoms with van der Waals surface area (Å²) in [6.45, 7) is 1.77. The van der Waals surface area contributed by atoms with E-state index in [0.29, 0.717) is 50.5 Å². The van der Waals surface area contributed by atoms with Crippen molar-refractivity contribution >= 4 is 27.9 Å². The molecule has 0 aliphatic heterocycles. The zero-order valence-corrected chi connectivity index (χ0v) is 17.2. The molecular weight excluding hydrogens is 410 g/mol. The van der Waals surface area contributed by atoms with E-state index < -0.39 is 11.6 Å². The molecule has 0 saturated carbocycles. The maximum Gasteiger partial charge on any atom is 0.343 e. The Kier molecular flexibility index (Phi) is 4.71. The highest BCUT2D eigenvalue weighted by molar-refractivity contribution is 5.97. The number of hydrogen-bond acceptors (Lipinski definition) is 7. The molecule has 0 N–H and O–H groups in total. The topological polar surface area (TPSA) is 91.8 Å². The van der Waals surface area contributed by atoms with Crippen LogP contribution >= 0.6 is 0 Å². The molecule has 7 nitrogen and oxygen atoms in total. The Labute approximate surface area is 181 Å². The smallest absolute Gasteiger partial charge is 0.343 e. The lowest BCUT2D eigenvalue weighted by Gasteiger charge is -2.10. The van der Waals surface area contributed by atoms with Gasteiger partial charge in [-0.25, -0.2) is 9.59 Å². The third-order valence-electron chi connectivity index (χ3n) is 5.15. The predicted octanol–water partition coefficient (Wildman–Crippen LogP) is 5.14. The average Bonchev–Trinajstić information content (AvgIpc) is 3.24. The van der Waals surface area contributed by atoms with Crippen LogP contribution in [0.1, 0.15) is 15.9 Å². The van der Waals surface area contributed by atoms with Gasteiger partial charge in [0.05, 0.1) is 12.7 Å². The Balaban J connectivity index is 1.66. The highest BCUT2D eigenvalue weighted by Gasteiger charge is 2.18. The molecule has 0 saturated heterocycles. The molecule has 158 valence electrons. The van der Waals surface area contributed by atoms with Crippen LogP contribution in [-0.2, 0) is 0 Å². The monoisotopic (exact) mass is 427 g/mol. The van der Waals surface area contributed by atoms with Crippen LogP contribution in [0.4, 0.5) is 0 Å². The van der Waals surface area contributed by atoms with Crippen molar-refractivity contribution in [2.75, 3.05) is 7.11 Å². The standard InChI is InChI=1S/C25H17NO6/c1-14-10-21-17(12-20(14)32-25(28)15-6-8-26-9-7-15)18(13-23(27)30-21)22-11-16-4-3-5-19(29-2)24(16)31-22/h3-13H,1-2H3. The van der Waals surface area contributed by atoms with E-state index >= 15 is 0 Å². The van der Waals surface area contributed by atoms with Crippen LogP contribution in [0.5, 0.6) is 11.5 Å². The van der Waals surface area contributed by atoms with Crippen LogP contribution in [0.2, 0.25) is 0 Å². The van der Waals surface area contributed by atoms with E-state index in [1.54, 1.807) is 44.4 Å². The number of furan rings is 1. The molecule has 0 bridgehead atoms. The van der Waals surface area contributed by atoms with Crippen molar-refractivity contribution in [3.8, 4) is 22.8 Å². The van der Waals surface area contributed by atoms with E-state index in [4.69, 9.17) is 18.3 Å². The van der Waals surface area contributed by atoms with Crippen molar-refractivity contribution in [2.24, 2.45) is 0 Å². The number of esters is 1. The van der Waals surface area contributed by atoms with E-state index in [1.807, 2.05) is 18.2 Å². The maximum atomic E-state index is 12.5. The van der Waals surface area contributed by atoms with Gasteiger partial charge in [0, 0.05) is 34.8 Å². The van der Waals surface area contributed by atoms with Gasteiger partial charge in [0.15, 0.2) is 11.3 Å². The third-order valence-corrected chi connectivity index (χ3v) is 5.15. The van der Waals surface area contributed by atoms with E-state index in [0.717, 1.165) is 5.39 Å². The number of carbonyl (C=O) groups excluding carboxylic acids is 1. The van der Waals surface area contributed by atoms with E-state index in [1.165, 1.54) is 18.5 Å². The van der Waals surface area contributed by atoms with Crippen molar-refractivity contribution in [3.63, 3.8) is 0 Å². The Hall–Kier alpha value is -4.39. The van der Waals surface area contributed by atoms with Crippen molar-refractivity contribution < 1.29 is 23.1 Å². The van der Waals surface area contributed by atoms with Gasteiger partial charge in [-0.3, -0.25) is 4.98 Å². The van der Waals surface area contributed by atoms with Crippen LogP contribution in [0.15, 0.2) is 80.6 Å². The van der Waals surface area contributed by atoms with Crippen LogP contribution in [0.3, 0.4) is 0 Å². The first kappa shape index (κ1) is 19.6. The molecule has 7 heteroatoms. The van der Waals surface area contributed by atoms with Crippen LogP contribution in [-0.4, -0.2) is 18.1 Å². The van der Waals surface area contributed by atoms with E-state index in [9.17, 15) is 9.59 Å². The number of aryl methyl sites for hydroxylation is 1. The molecule has 0 spiro atoms. The molecule has 0 unspecified atom stereocenters. The second kappa shape index (κ2) is 7.70. The minimum Gasteiger partial charge on any atom is -0.493 e. The lowest BCUT2D eigenvalue weighted by molar-refractivity contribution is 0.0733. The van der Waals surface area contributed by atoms with Gasteiger partial charge >= 0.3 is 11.6 Å². The van der Waals surface area contributed by atoms with E-state index in [-0.39, 0.29) is 0 Å². The van der Waals surface area contributed by atoms with Gasteiger partial charge in [-0.2, -0.15) is 0 Å². The lowest BCUT2D eigenvalue weighted by Crippen LogP contribution is -2.09. The molecule has 3 heterocycles. The molecule has 0 amide bonds. The first-order valence-corrected chi connectivity index (χ1v) is 9.81. The van der Waals surface area contributed by atoms with Gasteiger partial charge in [-0.15, -0.1) is 0 Å². The molecular formula is C25H17NO6. The fraction of sp³-hybridized carbons (Fsp3) is 0.0800. The van der Waals surface area contributed by atoms with Gasteiger partial charge in [-0.1, -0.05) is 12.1 Å². The van der Waals surface area contributed by atoms with Crippen LogP contribution in [0.25, 0.3) is 33.3 Å².